The van der Waals surface area contributed by atoms with Crippen LogP contribution < -0.4 is 10.4 Å². The van der Waals surface area contributed by atoms with E-state index in [4.69, 9.17) is 4.74 Å². The lowest BCUT2D eigenvalue weighted by molar-refractivity contribution is -0.143. The van der Waals surface area contributed by atoms with Gasteiger partial charge in [-0.3, -0.25) is 14.6 Å². The van der Waals surface area contributed by atoms with Gasteiger partial charge in [-0.1, -0.05) is 71.0 Å². The largest absolute Gasteiger partial charge is 0.466 e. The van der Waals surface area contributed by atoms with E-state index in [0.717, 1.165) is 19.6 Å². The Kier molecular flexibility index (Phi) is 7.27. The zero-order valence-electron chi connectivity index (χ0n) is 18.2. The van der Waals surface area contributed by atoms with Crippen LogP contribution in [0, 0.1) is 0 Å². The van der Waals surface area contributed by atoms with Gasteiger partial charge < -0.3 is 4.74 Å². The van der Waals surface area contributed by atoms with E-state index >= 15 is 0 Å². The van der Waals surface area contributed by atoms with E-state index in [1.54, 1.807) is 0 Å². The second-order valence-electron chi connectivity index (χ2n) is 8.67. The van der Waals surface area contributed by atoms with Crippen LogP contribution in [0.3, 0.4) is 0 Å². The van der Waals surface area contributed by atoms with E-state index in [-0.39, 0.29) is 11.5 Å². The standard InChI is InChI=1S/C24H34N2O2Si/c1-5-28-22(27)16-17-25-18-19-26(24(2,3)4)23(25)29(20-12-8-6-9-13-20)21-14-10-7-11-15-21/h6-15,23,29H,5,16-19H2,1-4H3. The molecule has 1 saturated heterocycles. The average molecular weight is 411 g/mol. The molecule has 29 heavy (non-hydrogen) atoms. The number of esters is 1. The Hall–Kier alpha value is -1.95. The maximum absolute atomic E-state index is 12.0. The summed E-state index contributed by atoms with van der Waals surface area (Å²) in [5, 5.41) is 2.89. The minimum Gasteiger partial charge on any atom is -0.466 e. The Balaban J connectivity index is 1.98. The van der Waals surface area contributed by atoms with Crippen LogP contribution >= 0.6 is 0 Å². The average Bonchev–Trinajstić information content (AvgIpc) is 3.13. The van der Waals surface area contributed by atoms with Crippen LogP contribution in [0.5, 0.6) is 0 Å². The Morgan fingerprint density at radius 2 is 1.55 bits per heavy atom. The van der Waals surface area contributed by atoms with Crippen LogP contribution in [0.15, 0.2) is 60.7 Å². The minimum absolute atomic E-state index is 0.0676. The highest BCUT2D eigenvalue weighted by atomic mass is 28.3. The van der Waals surface area contributed by atoms with Gasteiger partial charge >= 0.3 is 5.97 Å². The van der Waals surface area contributed by atoms with Crippen molar-refractivity contribution in [1.29, 1.82) is 0 Å². The molecule has 2 aromatic carbocycles. The van der Waals surface area contributed by atoms with Crippen molar-refractivity contribution in [2.45, 2.75) is 45.4 Å². The van der Waals surface area contributed by atoms with E-state index in [0.29, 0.717) is 18.8 Å². The highest BCUT2D eigenvalue weighted by Gasteiger charge is 2.44. The molecule has 0 bridgehead atoms. The van der Waals surface area contributed by atoms with Crippen LogP contribution in [0.4, 0.5) is 0 Å². The first-order chi connectivity index (χ1) is 13.9. The molecule has 0 aromatic heterocycles. The van der Waals surface area contributed by atoms with Crippen molar-refractivity contribution < 1.29 is 9.53 Å². The third-order valence-corrected chi connectivity index (χ3v) is 9.29. The summed E-state index contributed by atoms with van der Waals surface area (Å²) in [5.74, 6) is 0.229. The number of hydrogen-bond donors (Lipinski definition) is 0. The molecule has 0 aliphatic carbocycles. The van der Waals surface area contributed by atoms with Crippen LogP contribution in [0.25, 0.3) is 0 Å². The fourth-order valence-corrected chi connectivity index (χ4v) is 8.41. The Morgan fingerprint density at radius 1 is 1.00 bits per heavy atom. The lowest BCUT2D eigenvalue weighted by atomic mass is 10.1. The van der Waals surface area contributed by atoms with Gasteiger partial charge in [0.2, 0.25) is 0 Å². The van der Waals surface area contributed by atoms with Crippen LogP contribution in [-0.2, 0) is 9.53 Å². The lowest BCUT2D eigenvalue weighted by Crippen LogP contribution is -2.64. The van der Waals surface area contributed by atoms with E-state index < -0.39 is 8.80 Å². The van der Waals surface area contributed by atoms with Crippen molar-refractivity contribution in [3.05, 3.63) is 60.7 Å². The molecule has 1 aliphatic rings. The molecule has 2 aromatic rings. The van der Waals surface area contributed by atoms with Crippen LogP contribution in [0.1, 0.15) is 34.1 Å². The van der Waals surface area contributed by atoms with E-state index in [1.807, 2.05) is 6.92 Å². The van der Waals surface area contributed by atoms with E-state index in [2.05, 4.69) is 91.2 Å². The van der Waals surface area contributed by atoms with Crippen LogP contribution in [0.2, 0.25) is 0 Å². The van der Waals surface area contributed by atoms with Crippen molar-refractivity contribution in [2.24, 2.45) is 0 Å². The van der Waals surface area contributed by atoms with Crippen molar-refractivity contribution in [2.75, 3.05) is 26.2 Å². The molecule has 0 N–H and O–H groups in total. The molecule has 1 atom stereocenters. The molecule has 1 aliphatic heterocycles. The van der Waals surface area contributed by atoms with Crippen LogP contribution in [-0.4, -0.2) is 62.1 Å². The smallest absolute Gasteiger partial charge is 0.307 e. The van der Waals surface area contributed by atoms with Gasteiger partial charge in [-0.05, 0) is 27.7 Å². The maximum atomic E-state index is 12.0. The van der Waals surface area contributed by atoms with Gasteiger partial charge in [0.25, 0.3) is 0 Å². The molecule has 5 heteroatoms. The summed E-state index contributed by atoms with van der Waals surface area (Å²) in [6, 6.07) is 21.9. The van der Waals surface area contributed by atoms with Crippen molar-refractivity contribution in [3.8, 4) is 0 Å². The third-order valence-electron chi connectivity index (χ3n) is 5.71. The molecule has 0 radical (unpaired) electrons. The lowest BCUT2D eigenvalue weighted by Gasteiger charge is -2.43. The van der Waals surface area contributed by atoms with Gasteiger partial charge in [0.05, 0.1) is 18.8 Å². The van der Waals surface area contributed by atoms with Gasteiger partial charge in [0.15, 0.2) is 0 Å². The Labute approximate surface area is 177 Å². The Morgan fingerprint density at radius 3 is 2.03 bits per heavy atom. The highest BCUT2D eigenvalue weighted by molar-refractivity contribution is 6.86. The molecular weight excluding hydrogens is 376 g/mol. The van der Waals surface area contributed by atoms with E-state index in [1.165, 1.54) is 10.4 Å². The molecule has 0 spiro atoms. The SMILES string of the molecule is CCOC(=O)CCN1CCN(C(C)(C)C)C1[SiH](c1ccccc1)c1ccccc1. The molecule has 4 nitrogen and oxygen atoms in total. The monoisotopic (exact) mass is 410 g/mol. The topological polar surface area (TPSA) is 32.8 Å². The summed E-state index contributed by atoms with van der Waals surface area (Å²) in [5.41, 5.74) is 0.0676. The van der Waals surface area contributed by atoms with Crippen molar-refractivity contribution >= 4 is 25.1 Å². The maximum Gasteiger partial charge on any atom is 0.307 e. The van der Waals surface area contributed by atoms with Gasteiger partial charge in [-0.15, -0.1) is 0 Å². The Bertz CT molecular complexity index is 737. The number of ether oxygens (including phenoxy) is 1. The summed E-state index contributed by atoms with van der Waals surface area (Å²) in [6.45, 7) is 12.0. The summed E-state index contributed by atoms with van der Waals surface area (Å²) >= 11 is 0. The predicted molar refractivity (Wildman–Crippen MR) is 122 cm³/mol. The summed E-state index contributed by atoms with van der Waals surface area (Å²) in [4.78, 5) is 17.2. The summed E-state index contributed by atoms with van der Waals surface area (Å²) in [6.07, 6.45) is 0.451. The fraction of sp³-hybridized carbons (Fsp3) is 0.458. The van der Waals surface area contributed by atoms with Gasteiger partial charge in [-0.2, -0.15) is 0 Å². The molecule has 0 saturated carbocycles. The molecule has 1 fully saturated rings. The second-order valence-corrected chi connectivity index (χ2v) is 11.6. The van der Waals surface area contributed by atoms with E-state index in [9.17, 15) is 4.79 Å². The minimum atomic E-state index is -1.60. The number of carbonyl (C=O) groups is 1. The van der Waals surface area contributed by atoms with Gasteiger partial charge in [0, 0.05) is 25.2 Å². The normalized spacial score (nSPS) is 18.3. The molecular formula is C24H34N2O2Si. The molecule has 0 amide bonds. The molecule has 1 heterocycles. The van der Waals surface area contributed by atoms with Gasteiger partial charge in [0.1, 0.15) is 8.80 Å². The summed E-state index contributed by atoms with van der Waals surface area (Å²) in [7, 11) is -1.60. The van der Waals surface area contributed by atoms with Crippen molar-refractivity contribution in [3.63, 3.8) is 0 Å². The zero-order valence-corrected chi connectivity index (χ0v) is 19.3. The summed E-state index contributed by atoms with van der Waals surface area (Å²) < 4.78 is 5.19. The first-order valence-corrected chi connectivity index (χ1v) is 12.5. The highest BCUT2D eigenvalue weighted by Crippen LogP contribution is 2.26. The second kappa shape index (κ2) is 9.70. The molecule has 1 unspecified atom stereocenters. The van der Waals surface area contributed by atoms with Gasteiger partial charge in [-0.25, -0.2) is 0 Å². The number of rotatable bonds is 7. The number of benzene rings is 2. The third kappa shape index (κ3) is 5.35. The first kappa shape index (κ1) is 21.7. The molecule has 156 valence electrons. The van der Waals surface area contributed by atoms with Crippen molar-refractivity contribution in [1.82, 2.24) is 9.80 Å². The number of hydrogen-bond acceptors (Lipinski definition) is 4. The zero-order chi connectivity index (χ0) is 20.9. The quantitative estimate of drug-likeness (QED) is 0.518. The fourth-order valence-electron chi connectivity index (χ4n) is 4.39. The molecule has 3 rings (SSSR count). The number of carbonyl (C=O) groups excluding carboxylic acids is 1. The first-order valence-electron chi connectivity index (χ1n) is 10.7. The number of nitrogens with zero attached hydrogens (tertiary/aromatic N) is 2. The predicted octanol–water partition coefficient (Wildman–Crippen LogP) is 2.26.